The summed E-state index contributed by atoms with van der Waals surface area (Å²) in [4.78, 5) is 24.7. The highest BCUT2D eigenvalue weighted by Gasteiger charge is 2.58. The summed E-state index contributed by atoms with van der Waals surface area (Å²) in [6.07, 6.45) is 11.4. The molecule has 3 rings (SSSR count). The summed E-state index contributed by atoms with van der Waals surface area (Å²) in [7, 11) is 1.42. The molecule has 3 aliphatic rings. The first-order chi connectivity index (χ1) is 13.5. The monoisotopic (exact) mass is 386 g/mol. The molecule has 0 saturated carbocycles. The van der Waals surface area contributed by atoms with E-state index < -0.39 is 5.54 Å². The third-order valence-electron chi connectivity index (χ3n) is 6.03. The number of ether oxygens (including phenoxy) is 2. The first-order valence-corrected chi connectivity index (χ1v) is 10.2. The number of carbonyl (C=O) groups excluding carboxylic acids is 2. The zero-order valence-electron chi connectivity index (χ0n) is 17.1. The second-order valence-corrected chi connectivity index (χ2v) is 8.02. The fraction of sp³-hybridized carbons (Fsp3) is 0.636. The van der Waals surface area contributed by atoms with Crippen molar-refractivity contribution >= 4 is 11.9 Å². The molecule has 0 aromatic carbocycles. The summed E-state index contributed by atoms with van der Waals surface area (Å²) >= 11 is 0. The van der Waals surface area contributed by atoms with Crippen LogP contribution in [-0.2, 0) is 19.1 Å². The second kappa shape index (κ2) is 8.84. The van der Waals surface area contributed by atoms with Crippen LogP contribution in [0, 0.1) is 5.92 Å². The summed E-state index contributed by atoms with van der Waals surface area (Å²) in [5, 5.41) is 8.49. The standard InChI is InChI=1S/C22H30N2O4/c1-15-6-4-8-17(20(25)27-3)9-5-7-16(2)14-19-18(11-10-15)22(21(26)28-19)12-13-23-24-22/h6,9,14,18-19H,4-5,7-8,10-13H2,1-3H3/b15-6-,16-14-,17-9+. The number of methoxy groups -OCH3 is 1. The summed E-state index contributed by atoms with van der Waals surface area (Å²) < 4.78 is 10.7. The molecule has 0 N–H and O–H groups in total. The predicted molar refractivity (Wildman–Crippen MR) is 106 cm³/mol. The number of rotatable bonds is 1. The van der Waals surface area contributed by atoms with Crippen LogP contribution in [0.2, 0.25) is 0 Å². The van der Waals surface area contributed by atoms with E-state index in [2.05, 4.69) is 36.2 Å². The summed E-state index contributed by atoms with van der Waals surface area (Å²) in [6.45, 7) is 4.75. The molecule has 6 nitrogen and oxygen atoms in total. The molecular weight excluding hydrogens is 356 g/mol. The third kappa shape index (κ3) is 4.26. The molecule has 152 valence electrons. The zero-order chi connectivity index (χ0) is 20.1. The van der Waals surface area contributed by atoms with Crippen molar-refractivity contribution in [2.24, 2.45) is 16.1 Å². The minimum Gasteiger partial charge on any atom is -0.466 e. The zero-order valence-corrected chi connectivity index (χ0v) is 17.1. The number of allylic oxidation sites excluding steroid dienone is 4. The Kier molecular flexibility index (Phi) is 6.47. The van der Waals surface area contributed by atoms with Crippen molar-refractivity contribution in [3.05, 3.63) is 34.9 Å². The first kappa shape index (κ1) is 20.5. The van der Waals surface area contributed by atoms with Crippen LogP contribution in [0.3, 0.4) is 0 Å². The number of hydrogen-bond donors (Lipinski definition) is 0. The first-order valence-electron chi connectivity index (χ1n) is 10.2. The van der Waals surface area contributed by atoms with Gasteiger partial charge in [0.05, 0.1) is 13.7 Å². The fourth-order valence-corrected chi connectivity index (χ4v) is 4.35. The lowest BCUT2D eigenvalue weighted by molar-refractivity contribution is -0.144. The molecule has 28 heavy (non-hydrogen) atoms. The van der Waals surface area contributed by atoms with Crippen molar-refractivity contribution in [1.82, 2.24) is 0 Å². The molecule has 1 aliphatic carbocycles. The van der Waals surface area contributed by atoms with Gasteiger partial charge in [-0.2, -0.15) is 10.2 Å². The lowest BCUT2D eigenvalue weighted by atomic mass is 9.77. The average molecular weight is 386 g/mol. The van der Waals surface area contributed by atoms with Crippen LogP contribution < -0.4 is 0 Å². The maximum atomic E-state index is 12.7. The van der Waals surface area contributed by atoms with E-state index in [-0.39, 0.29) is 24.0 Å². The van der Waals surface area contributed by atoms with Crippen LogP contribution in [0.1, 0.15) is 58.8 Å². The molecule has 2 aliphatic heterocycles. The van der Waals surface area contributed by atoms with Crippen molar-refractivity contribution in [2.45, 2.75) is 70.4 Å². The van der Waals surface area contributed by atoms with E-state index >= 15 is 0 Å². The van der Waals surface area contributed by atoms with Crippen molar-refractivity contribution in [3.63, 3.8) is 0 Å². The molecule has 3 unspecified atom stereocenters. The van der Waals surface area contributed by atoms with Crippen LogP contribution in [0.15, 0.2) is 45.2 Å². The predicted octanol–water partition coefficient (Wildman–Crippen LogP) is 4.47. The number of nitrogens with zero attached hydrogens (tertiary/aromatic N) is 2. The molecule has 1 fully saturated rings. The van der Waals surface area contributed by atoms with Gasteiger partial charge >= 0.3 is 11.9 Å². The Morgan fingerprint density at radius 3 is 2.68 bits per heavy atom. The van der Waals surface area contributed by atoms with Crippen LogP contribution in [0.5, 0.6) is 0 Å². The van der Waals surface area contributed by atoms with E-state index in [9.17, 15) is 9.59 Å². The molecule has 0 aromatic rings. The van der Waals surface area contributed by atoms with Gasteiger partial charge in [-0.15, -0.1) is 0 Å². The minimum atomic E-state index is -0.795. The molecule has 3 atom stereocenters. The van der Waals surface area contributed by atoms with E-state index in [1.165, 1.54) is 12.7 Å². The quantitative estimate of drug-likeness (QED) is 0.492. The Labute approximate surface area is 166 Å². The van der Waals surface area contributed by atoms with Crippen LogP contribution in [0.25, 0.3) is 0 Å². The van der Waals surface area contributed by atoms with Gasteiger partial charge in [-0.25, -0.2) is 9.59 Å². The van der Waals surface area contributed by atoms with Crippen molar-refractivity contribution in [1.29, 1.82) is 0 Å². The molecule has 0 radical (unpaired) electrons. The van der Waals surface area contributed by atoms with Gasteiger partial charge in [0.15, 0.2) is 5.54 Å². The lowest BCUT2D eigenvalue weighted by Crippen LogP contribution is -2.38. The molecule has 2 heterocycles. The van der Waals surface area contributed by atoms with E-state index in [1.54, 1.807) is 0 Å². The summed E-state index contributed by atoms with van der Waals surface area (Å²) in [6, 6.07) is 0. The maximum absolute atomic E-state index is 12.7. The van der Waals surface area contributed by atoms with Crippen LogP contribution >= 0.6 is 0 Å². The number of azo groups is 1. The number of carbonyl (C=O) groups is 2. The highest BCUT2D eigenvalue weighted by atomic mass is 16.6. The SMILES string of the molecule is COC(=O)/C1=C/CC/C(C)=C\C2OC(=O)C3(CCN=N3)C2CC/C(C)=C\CC1. The van der Waals surface area contributed by atoms with Gasteiger partial charge in [0.1, 0.15) is 6.10 Å². The van der Waals surface area contributed by atoms with Gasteiger partial charge in [0.25, 0.3) is 0 Å². The summed E-state index contributed by atoms with van der Waals surface area (Å²) in [5.41, 5.74) is 2.34. The molecule has 0 bridgehead atoms. The van der Waals surface area contributed by atoms with Crippen molar-refractivity contribution < 1.29 is 19.1 Å². The highest BCUT2D eigenvalue weighted by molar-refractivity contribution is 5.88. The van der Waals surface area contributed by atoms with Gasteiger partial charge in [0.2, 0.25) is 0 Å². The Hall–Kier alpha value is -2.24. The normalized spacial score (nSPS) is 37.0. The van der Waals surface area contributed by atoms with Gasteiger partial charge in [-0.1, -0.05) is 23.3 Å². The molecule has 1 spiro atoms. The number of fused-ring (bicyclic) bond motifs is 2. The highest BCUT2D eigenvalue weighted by Crippen LogP contribution is 2.45. The van der Waals surface area contributed by atoms with Gasteiger partial charge in [-0.05, 0) is 58.4 Å². The smallest absolute Gasteiger partial charge is 0.337 e. The number of hydrogen-bond acceptors (Lipinski definition) is 6. The van der Waals surface area contributed by atoms with Crippen LogP contribution in [0.4, 0.5) is 0 Å². The fourth-order valence-electron chi connectivity index (χ4n) is 4.35. The molecular formula is C22H30N2O4. The third-order valence-corrected chi connectivity index (χ3v) is 6.03. The molecule has 0 aromatic heterocycles. The Balaban J connectivity index is 1.86. The Morgan fingerprint density at radius 2 is 1.96 bits per heavy atom. The lowest BCUT2D eigenvalue weighted by Gasteiger charge is -2.24. The van der Waals surface area contributed by atoms with Crippen molar-refractivity contribution in [2.75, 3.05) is 13.7 Å². The van der Waals surface area contributed by atoms with E-state index in [1.807, 2.05) is 6.08 Å². The molecule has 1 saturated heterocycles. The Bertz CT molecular complexity index is 750. The summed E-state index contributed by atoms with van der Waals surface area (Å²) in [5.74, 6) is -0.460. The molecule has 0 amide bonds. The van der Waals surface area contributed by atoms with Gasteiger partial charge in [0, 0.05) is 17.9 Å². The van der Waals surface area contributed by atoms with Crippen molar-refractivity contribution in [3.8, 4) is 0 Å². The Morgan fingerprint density at radius 1 is 1.18 bits per heavy atom. The average Bonchev–Trinajstić information content (AvgIpc) is 3.25. The van der Waals surface area contributed by atoms with Gasteiger partial charge in [-0.3, -0.25) is 0 Å². The van der Waals surface area contributed by atoms with Crippen LogP contribution in [-0.4, -0.2) is 37.2 Å². The maximum Gasteiger partial charge on any atom is 0.337 e. The van der Waals surface area contributed by atoms with Gasteiger partial charge < -0.3 is 9.47 Å². The number of esters is 2. The minimum absolute atomic E-state index is 0.0219. The van der Waals surface area contributed by atoms with E-state index in [0.717, 1.165) is 43.3 Å². The van der Waals surface area contributed by atoms with E-state index in [4.69, 9.17) is 9.47 Å². The topological polar surface area (TPSA) is 77.3 Å². The second-order valence-electron chi connectivity index (χ2n) is 8.02. The van der Waals surface area contributed by atoms with E-state index in [0.29, 0.717) is 19.4 Å². The molecule has 6 heteroatoms. The largest absolute Gasteiger partial charge is 0.466 e.